The van der Waals surface area contributed by atoms with E-state index in [4.69, 9.17) is 4.74 Å². The Labute approximate surface area is 116 Å². The number of aromatic nitrogens is 2. The molecule has 5 nitrogen and oxygen atoms in total. The van der Waals surface area contributed by atoms with E-state index in [-0.39, 0.29) is 24.8 Å². The van der Waals surface area contributed by atoms with Gasteiger partial charge in [-0.2, -0.15) is 5.10 Å². The Bertz CT molecular complexity index is 540. The maximum Gasteiger partial charge on any atom is 0.226 e. The van der Waals surface area contributed by atoms with E-state index >= 15 is 0 Å². The van der Waals surface area contributed by atoms with Gasteiger partial charge in [-0.15, -0.1) is 0 Å². The third-order valence-corrected chi connectivity index (χ3v) is 2.80. The number of H-pyrrole nitrogens is 1. The number of benzene rings is 1. The van der Waals surface area contributed by atoms with Crippen LogP contribution >= 0.6 is 0 Å². The van der Waals surface area contributed by atoms with E-state index in [0.717, 1.165) is 5.56 Å². The van der Waals surface area contributed by atoms with Crippen LogP contribution < -0.4 is 4.74 Å². The van der Waals surface area contributed by atoms with E-state index in [1.807, 2.05) is 0 Å². The summed E-state index contributed by atoms with van der Waals surface area (Å²) in [5.74, 6) is 0.221. The van der Waals surface area contributed by atoms with Gasteiger partial charge in [0, 0.05) is 25.4 Å². The number of amides is 1. The number of ether oxygens (including phenoxy) is 1. The van der Waals surface area contributed by atoms with E-state index in [9.17, 15) is 9.18 Å². The molecule has 20 heavy (non-hydrogen) atoms. The Morgan fingerprint density at radius 1 is 1.40 bits per heavy atom. The summed E-state index contributed by atoms with van der Waals surface area (Å²) in [4.78, 5) is 13.5. The summed E-state index contributed by atoms with van der Waals surface area (Å²) in [6.45, 7) is 0.770. The molecular weight excluding hydrogens is 261 g/mol. The van der Waals surface area contributed by atoms with Crippen molar-refractivity contribution in [1.29, 1.82) is 0 Å². The van der Waals surface area contributed by atoms with Gasteiger partial charge in [-0.3, -0.25) is 9.89 Å². The smallest absolute Gasteiger partial charge is 0.226 e. The van der Waals surface area contributed by atoms with Gasteiger partial charge in [0.2, 0.25) is 5.91 Å². The molecule has 1 N–H and O–H groups in total. The second-order valence-electron chi connectivity index (χ2n) is 4.41. The predicted octanol–water partition coefficient (Wildman–Crippen LogP) is 1.98. The molecule has 0 unspecified atom stereocenters. The van der Waals surface area contributed by atoms with E-state index in [1.165, 1.54) is 24.3 Å². The lowest BCUT2D eigenvalue weighted by atomic mass is 10.3. The fraction of sp³-hybridized carbons (Fsp3) is 0.286. The average Bonchev–Trinajstić information content (AvgIpc) is 2.93. The fourth-order valence-corrected chi connectivity index (χ4v) is 1.70. The molecular formula is C14H16FN3O2. The van der Waals surface area contributed by atoms with Crippen LogP contribution in [0.25, 0.3) is 0 Å². The lowest BCUT2D eigenvalue weighted by Crippen LogP contribution is -2.27. The number of halogens is 1. The Morgan fingerprint density at radius 3 is 2.80 bits per heavy atom. The zero-order valence-corrected chi connectivity index (χ0v) is 11.2. The number of carbonyl (C=O) groups excluding carboxylic acids is 1. The number of rotatable bonds is 6. The first-order valence-corrected chi connectivity index (χ1v) is 6.25. The summed E-state index contributed by atoms with van der Waals surface area (Å²) in [5.41, 5.74) is 0.945. The van der Waals surface area contributed by atoms with Gasteiger partial charge in [-0.05, 0) is 24.3 Å². The molecule has 6 heteroatoms. The maximum absolute atomic E-state index is 12.7. The average molecular weight is 277 g/mol. The van der Waals surface area contributed by atoms with Crippen LogP contribution in [0, 0.1) is 5.82 Å². The Balaban J connectivity index is 1.73. The van der Waals surface area contributed by atoms with E-state index < -0.39 is 0 Å². The van der Waals surface area contributed by atoms with Gasteiger partial charge in [0.05, 0.1) is 19.2 Å². The predicted molar refractivity (Wildman–Crippen MR) is 71.6 cm³/mol. The molecule has 2 rings (SSSR count). The van der Waals surface area contributed by atoms with E-state index in [2.05, 4.69) is 10.2 Å². The second kappa shape index (κ2) is 6.70. The van der Waals surface area contributed by atoms with Crippen molar-refractivity contribution in [1.82, 2.24) is 15.1 Å². The van der Waals surface area contributed by atoms with Gasteiger partial charge < -0.3 is 9.64 Å². The molecule has 1 aromatic carbocycles. The molecule has 0 radical (unpaired) electrons. The number of nitrogens with one attached hydrogen (secondary N) is 1. The van der Waals surface area contributed by atoms with Crippen LogP contribution in [-0.4, -0.2) is 34.7 Å². The molecule has 0 aliphatic carbocycles. The van der Waals surface area contributed by atoms with Crippen molar-refractivity contribution in [3.63, 3.8) is 0 Å². The summed E-state index contributed by atoms with van der Waals surface area (Å²) in [7, 11) is 1.73. The highest BCUT2D eigenvalue weighted by Gasteiger charge is 2.10. The highest BCUT2D eigenvalue weighted by molar-refractivity contribution is 5.75. The first-order chi connectivity index (χ1) is 9.65. The van der Waals surface area contributed by atoms with Crippen LogP contribution in [-0.2, 0) is 11.3 Å². The van der Waals surface area contributed by atoms with Crippen LogP contribution in [0.2, 0.25) is 0 Å². The molecule has 0 aliphatic heterocycles. The molecule has 1 heterocycles. The van der Waals surface area contributed by atoms with Crippen LogP contribution in [0.4, 0.5) is 4.39 Å². The van der Waals surface area contributed by atoms with Gasteiger partial charge in [-0.1, -0.05) is 0 Å². The van der Waals surface area contributed by atoms with Crippen molar-refractivity contribution in [2.45, 2.75) is 13.0 Å². The van der Waals surface area contributed by atoms with Crippen molar-refractivity contribution in [2.75, 3.05) is 13.7 Å². The summed E-state index contributed by atoms with van der Waals surface area (Å²) in [6.07, 6.45) is 3.70. The molecule has 0 saturated heterocycles. The highest BCUT2D eigenvalue weighted by Crippen LogP contribution is 2.11. The minimum Gasteiger partial charge on any atom is -0.493 e. The lowest BCUT2D eigenvalue weighted by Gasteiger charge is -2.16. The number of aromatic amines is 1. The van der Waals surface area contributed by atoms with E-state index in [1.54, 1.807) is 24.3 Å². The lowest BCUT2D eigenvalue weighted by molar-refractivity contribution is -0.130. The van der Waals surface area contributed by atoms with Gasteiger partial charge in [-0.25, -0.2) is 4.39 Å². The van der Waals surface area contributed by atoms with Gasteiger partial charge in [0.1, 0.15) is 11.6 Å². The largest absolute Gasteiger partial charge is 0.493 e. The Morgan fingerprint density at radius 2 is 2.15 bits per heavy atom. The van der Waals surface area contributed by atoms with Crippen molar-refractivity contribution >= 4 is 5.91 Å². The van der Waals surface area contributed by atoms with Gasteiger partial charge in [0.15, 0.2) is 0 Å². The number of nitrogens with zero attached hydrogens (tertiary/aromatic N) is 2. The highest BCUT2D eigenvalue weighted by atomic mass is 19.1. The normalized spacial score (nSPS) is 10.3. The SMILES string of the molecule is CN(Cc1cn[nH]c1)C(=O)CCOc1ccc(F)cc1. The molecule has 1 amide bonds. The number of hydrogen-bond acceptors (Lipinski definition) is 3. The van der Waals surface area contributed by atoms with Crippen LogP contribution in [0.1, 0.15) is 12.0 Å². The van der Waals surface area contributed by atoms with Crippen LogP contribution in [0.5, 0.6) is 5.75 Å². The van der Waals surface area contributed by atoms with Crippen LogP contribution in [0.15, 0.2) is 36.7 Å². The third kappa shape index (κ3) is 4.08. The summed E-state index contributed by atoms with van der Waals surface area (Å²) < 4.78 is 18.1. The van der Waals surface area contributed by atoms with Crippen molar-refractivity contribution in [3.8, 4) is 5.75 Å². The van der Waals surface area contributed by atoms with Crippen LogP contribution in [0.3, 0.4) is 0 Å². The molecule has 1 aromatic heterocycles. The molecule has 0 spiro atoms. The standard InChI is InChI=1S/C14H16FN3O2/c1-18(10-11-8-16-17-9-11)14(19)6-7-20-13-4-2-12(15)3-5-13/h2-5,8-9H,6-7,10H2,1H3,(H,16,17). The first kappa shape index (κ1) is 14.0. The minimum atomic E-state index is -0.312. The molecule has 0 saturated carbocycles. The summed E-state index contributed by atoms with van der Waals surface area (Å²) >= 11 is 0. The molecule has 0 fully saturated rings. The third-order valence-electron chi connectivity index (χ3n) is 2.80. The zero-order chi connectivity index (χ0) is 14.4. The molecule has 0 atom stereocenters. The topological polar surface area (TPSA) is 58.2 Å². The minimum absolute atomic E-state index is 0.0201. The number of hydrogen-bond donors (Lipinski definition) is 1. The first-order valence-electron chi connectivity index (χ1n) is 6.25. The van der Waals surface area contributed by atoms with E-state index in [0.29, 0.717) is 12.3 Å². The van der Waals surface area contributed by atoms with Crippen molar-refractivity contribution in [3.05, 3.63) is 48.0 Å². The molecule has 106 valence electrons. The maximum atomic E-state index is 12.7. The Hall–Kier alpha value is -2.37. The fourth-order valence-electron chi connectivity index (χ4n) is 1.70. The van der Waals surface area contributed by atoms with Crippen molar-refractivity contribution < 1.29 is 13.9 Å². The zero-order valence-electron chi connectivity index (χ0n) is 11.2. The molecule has 2 aromatic rings. The Kier molecular flexibility index (Phi) is 4.70. The summed E-state index contributed by atoms with van der Waals surface area (Å²) in [5, 5.41) is 6.53. The quantitative estimate of drug-likeness (QED) is 0.878. The van der Waals surface area contributed by atoms with Gasteiger partial charge in [0.25, 0.3) is 0 Å². The summed E-state index contributed by atoms with van der Waals surface area (Å²) in [6, 6.07) is 5.72. The molecule has 0 aliphatic rings. The number of carbonyl (C=O) groups is 1. The second-order valence-corrected chi connectivity index (χ2v) is 4.41. The van der Waals surface area contributed by atoms with Crippen molar-refractivity contribution in [2.24, 2.45) is 0 Å². The molecule has 0 bridgehead atoms. The monoisotopic (exact) mass is 277 g/mol. The van der Waals surface area contributed by atoms with Gasteiger partial charge >= 0.3 is 0 Å².